The van der Waals surface area contributed by atoms with E-state index >= 15 is 0 Å². The molecule has 0 aliphatic carbocycles. The van der Waals surface area contributed by atoms with Crippen LogP contribution in [0.2, 0.25) is 0 Å². The number of aromatic nitrogens is 2. The lowest BCUT2D eigenvalue weighted by atomic mass is 10.0. The number of hydrogen-bond acceptors (Lipinski definition) is 4. The van der Waals surface area contributed by atoms with E-state index in [9.17, 15) is 14.4 Å². The van der Waals surface area contributed by atoms with Gasteiger partial charge in [-0.25, -0.2) is 0 Å². The van der Waals surface area contributed by atoms with Crippen LogP contribution < -0.4 is 16.4 Å². The monoisotopic (exact) mass is 355 g/mol. The van der Waals surface area contributed by atoms with Crippen molar-refractivity contribution in [1.29, 1.82) is 0 Å². The summed E-state index contributed by atoms with van der Waals surface area (Å²) >= 11 is 1.55. The zero-order valence-corrected chi connectivity index (χ0v) is 14.4. The highest BCUT2D eigenvalue weighted by Gasteiger charge is 2.19. The molecule has 1 amide bonds. The fourth-order valence-corrected chi connectivity index (χ4v) is 3.40. The maximum atomic E-state index is 12.5. The molecule has 2 aromatic heterocycles. The number of benzene rings is 1. The summed E-state index contributed by atoms with van der Waals surface area (Å²) in [6.45, 7) is 1.99. The minimum Gasteiger partial charge on any atom is -0.344 e. The third kappa shape index (κ3) is 4.13. The molecule has 3 rings (SSSR count). The number of carbonyl (C=O) groups is 1. The van der Waals surface area contributed by atoms with Crippen molar-refractivity contribution in [3.05, 3.63) is 90.1 Å². The Morgan fingerprint density at radius 2 is 2.00 bits per heavy atom. The molecule has 3 N–H and O–H groups in total. The molecule has 0 unspecified atom stereocenters. The van der Waals surface area contributed by atoms with Gasteiger partial charge >= 0.3 is 0 Å². The van der Waals surface area contributed by atoms with Crippen molar-refractivity contribution in [1.82, 2.24) is 15.5 Å². The molecule has 2 heterocycles. The summed E-state index contributed by atoms with van der Waals surface area (Å²) in [5, 5.41) is 9.32. The van der Waals surface area contributed by atoms with Crippen LogP contribution in [0, 0.1) is 6.92 Å². The number of aromatic amines is 2. The summed E-state index contributed by atoms with van der Waals surface area (Å²) in [6.07, 6.45) is -0.160. The molecule has 0 saturated carbocycles. The first-order valence-electron chi connectivity index (χ1n) is 7.73. The molecule has 0 bridgehead atoms. The second kappa shape index (κ2) is 7.31. The minimum atomic E-state index is -0.474. The van der Waals surface area contributed by atoms with Gasteiger partial charge in [-0.1, -0.05) is 35.9 Å². The van der Waals surface area contributed by atoms with Gasteiger partial charge < -0.3 is 5.32 Å². The Hall–Kier alpha value is -2.93. The molecular weight excluding hydrogens is 338 g/mol. The molecule has 7 heteroatoms. The van der Waals surface area contributed by atoms with Crippen molar-refractivity contribution in [2.45, 2.75) is 19.4 Å². The van der Waals surface area contributed by atoms with Crippen molar-refractivity contribution < 1.29 is 4.79 Å². The van der Waals surface area contributed by atoms with Crippen LogP contribution in [0.25, 0.3) is 0 Å². The average Bonchev–Trinajstić information content (AvgIpc) is 3.10. The largest absolute Gasteiger partial charge is 0.344 e. The molecule has 1 atom stereocenters. The standard InChI is InChI=1S/C18H17N3O3S/c1-11-4-2-5-12(8-11)17(14-6-3-7-25-14)19-15(22)9-13-10-16(23)20-21-18(13)24/h2-8,10,17H,9H2,1H3,(H,19,22)(H,20,23)(H,21,24)/t17-/m0/s1. The molecule has 25 heavy (non-hydrogen) atoms. The highest BCUT2D eigenvalue weighted by Crippen LogP contribution is 2.26. The quantitative estimate of drug-likeness (QED) is 0.652. The van der Waals surface area contributed by atoms with Crippen LogP contribution in [-0.4, -0.2) is 16.1 Å². The lowest BCUT2D eigenvalue weighted by molar-refractivity contribution is -0.120. The van der Waals surface area contributed by atoms with E-state index in [1.165, 1.54) is 0 Å². The molecule has 0 spiro atoms. The number of carbonyl (C=O) groups excluding carboxylic acids is 1. The Kier molecular flexibility index (Phi) is 4.95. The summed E-state index contributed by atoms with van der Waals surface area (Å²) in [5.74, 6) is -0.323. The van der Waals surface area contributed by atoms with Crippen LogP contribution in [-0.2, 0) is 11.2 Å². The van der Waals surface area contributed by atoms with Crippen LogP contribution in [0.3, 0.4) is 0 Å². The van der Waals surface area contributed by atoms with E-state index in [1.807, 2.05) is 48.7 Å². The summed E-state index contributed by atoms with van der Waals surface area (Å²) < 4.78 is 0. The second-order valence-electron chi connectivity index (χ2n) is 5.72. The van der Waals surface area contributed by atoms with E-state index in [2.05, 4.69) is 15.5 Å². The first kappa shape index (κ1) is 16.9. The third-order valence-electron chi connectivity index (χ3n) is 3.76. The zero-order valence-electron chi connectivity index (χ0n) is 13.5. The Labute approximate surface area is 147 Å². The molecule has 0 fully saturated rings. The molecule has 0 aliphatic heterocycles. The summed E-state index contributed by atoms with van der Waals surface area (Å²) in [5.41, 5.74) is 1.28. The van der Waals surface area contributed by atoms with Crippen LogP contribution in [0.5, 0.6) is 0 Å². The van der Waals surface area contributed by atoms with E-state index in [4.69, 9.17) is 0 Å². The lowest BCUT2D eigenvalue weighted by Gasteiger charge is -2.18. The summed E-state index contributed by atoms with van der Waals surface area (Å²) in [7, 11) is 0. The van der Waals surface area contributed by atoms with E-state index < -0.39 is 11.1 Å². The van der Waals surface area contributed by atoms with Gasteiger partial charge in [0.05, 0.1) is 12.5 Å². The highest BCUT2D eigenvalue weighted by atomic mass is 32.1. The van der Waals surface area contributed by atoms with Crippen LogP contribution in [0.1, 0.15) is 27.6 Å². The van der Waals surface area contributed by atoms with Crippen LogP contribution >= 0.6 is 11.3 Å². The molecule has 0 radical (unpaired) electrons. The van der Waals surface area contributed by atoms with Gasteiger partial charge in [0.1, 0.15) is 0 Å². The molecular formula is C18H17N3O3S. The SMILES string of the molecule is Cc1cccc([C@H](NC(=O)Cc2cc(=O)[nH][nH]c2=O)c2cccs2)c1. The van der Waals surface area contributed by atoms with E-state index in [0.29, 0.717) is 0 Å². The van der Waals surface area contributed by atoms with Crippen molar-refractivity contribution in [2.75, 3.05) is 0 Å². The van der Waals surface area contributed by atoms with Crippen molar-refractivity contribution >= 4 is 17.2 Å². The number of amides is 1. The van der Waals surface area contributed by atoms with E-state index in [1.54, 1.807) is 11.3 Å². The van der Waals surface area contributed by atoms with E-state index in [-0.39, 0.29) is 23.9 Å². The number of nitrogens with one attached hydrogen (secondary N) is 3. The number of aryl methyl sites for hydroxylation is 1. The minimum absolute atomic E-state index is 0.135. The zero-order chi connectivity index (χ0) is 17.8. The van der Waals surface area contributed by atoms with Crippen molar-refractivity contribution in [2.24, 2.45) is 0 Å². The van der Waals surface area contributed by atoms with Crippen molar-refractivity contribution in [3.63, 3.8) is 0 Å². The molecule has 6 nitrogen and oxygen atoms in total. The summed E-state index contributed by atoms with van der Waals surface area (Å²) in [6, 6.07) is 12.6. The average molecular weight is 355 g/mol. The van der Waals surface area contributed by atoms with Gasteiger partial charge in [-0.15, -0.1) is 11.3 Å². The Morgan fingerprint density at radius 1 is 1.16 bits per heavy atom. The number of rotatable bonds is 5. The molecule has 0 saturated heterocycles. The number of thiophene rings is 1. The Balaban J connectivity index is 1.85. The predicted molar refractivity (Wildman–Crippen MR) is 96.9 cm³/mol. The predicted octanol–water partition coefficient (Wildman–Crippen LogP) is 1.88. The van der Waals surface area contributed by atoms with Gasteiger partial charge in [-0.2, -0.15) is 0 Å². The number of H-pyrrole nitrogens is 2. The molecule has 128 valence electrons. The first-order valence-corrected chi connectivity index (χ1v) is 8.61. The van der Waals surface area contributed by atoms with Gasteiger partial charge in [-0.3, -0.25) is 24.6 Å². The fourth-order valence-electron chi connectivity index (χ4n) is 2.60. The van der Waals surface area contributed by atoms with Crippen LogP contribution in [0.15, 0.2) is 57.4 Å². The van der Waals surface area contributed by atoms with Gasteiger partial charge in [0, 0.05) is 16.5 Å². The smallest absolute Gasteiger partial charge is 0.266 e. The first-order chi connectivity index (χ1) is 12.0. The topological polar surface area (TPSA) is 94.8 Å². The normalized spacial score (nSPS) is 11.9. The van der Waals surface area contributed by atoms with Crippen LogP contribution in [0.4, 0.5) is 0 Å². The maximum Gasteiger partial charge on any atom is 0.266 e. The summed E-state index contributed by atoms with van der Waals surface area (Å²) in [4.78, 5) is 36.5. The van der Waals surface area contributed by atoms with Gasteiger partial charge in [0.25, 0.3) is 11.1 Å². The maximum absolute atomic E-state index is 12.5. The Bertz CT molecular complexity index is 989. The second-order valence-corrected chi connectivity index (χ2v) is 6.70. The van der Waals surface area contributed by atoms with Gasteiger partial charge in [0.15, 0.2) is 0 Å². The Morgan fingerprint density at radius 3 is 2.72 bits per heavy atom. The highest BCUT2D eigenvalue weighted by molar-refractivity contribution is 7.10. The molecule has 1 aromatic carbocycles. The lowest BCUT2D eigenvalue weighted by Crippen LogP contribution is -2.33. The van der Waals surface area contributed by atoms with Gasteiger partial charge in [-0.05, 0) is 23.9 Å². The third-order valence-corrected chi connectivity index (χ3v) is 4.69. The fraction of sp³-hybridized carbons (Fsp3) is 0.167. The van der Waals surface area contributed by atoms with Gasteiger partial charge in [0.2, 0.25) is 5.91 Å². The molecule has 3 aromatic rings. The number of hydrogen-bond donors (Lipinski definition) is 3. The molecule has 0 aliphatic rings. The van der Waals surface area contributed by atoms with Crippen molar-refractivity contribution in [3.8, 4) is 0 Å². The van der Waals surface area contributed by atoms with E-state index in [0.717, 1.165) is 22.1 Å².